The summed E-state index contributed by atoms with van der Waals surface area (Å²) >= 11 is 0. The Morgan fingerprint density at radius 1 is 1.00 bits per heavy atom. The van der Waals surface area contributed by atoms with Crippen LogP contribution in [-0.4, -0.2) is 23.1 Å². The summed E-state index contributed by atoms with van der Waals surface area (Å²) in [6.45, 7) is 4.20. The molecule has 2 heteroatoms. The van der Waals surface area contributed by atoms with E-state index in [-0.39, 0.29) is 6.04 Å². The van der Waals surface area contributed by atoms with E-state index in [0.29, 0.717) is 5.75 Å². The van der Waals surface area contributed by atoms with Crippen LogP contribution in [0.15, 0.2) is 60.7 Å². The van der Waals surface area contributed by atoms with Crippen LogP contribution in [0, 0.1) is 0 Å². The summed E-state index contributed by atoms with van der Waals surface area (Å²) in [5.41, 5.74) is 3.76. The normalized spacial score (nSPS) is 18.0. The highest BCUT2D eigenvalue weighted by molar-refractivity contribution is 5.88. The maximum absolute atomic E-state index is 10.7. The second kappa shape index (κ2) is 5.71. The topological polar surface area (TPSA) is 23.5 Å². The number of aromatic hydroxyl groups is 1. The summed E-state index contributed by atoms with van der Waals surface area (Å²) < 4.78 is 0. The highest BCUT2D eigenvalue weighted by Crippen LogP contribution is 2.42. The molecule has 1 N–H and O–H groups in total. The van der Waals surface area contributed by atoms with Crippen LogP contribution in [0.4, 0.5) is 0 Å². The Balaban J connectivity index is 2.00. The number of hydrogen-bond acceptors (Lipinski definition) is 2. The van der Waals surface area contributed by atoms with Gasteiger partial charge in [-0.05, 0) is 40.9 Å². The third-order valence-corrected chi connectivity index (χ3v) is 5.01. The molecule has 1 heterocycles. The summed E-state index contributed by atoms with van der Waals surface area (Å²) in [4.78, 5) is 2.46. The molecular weight excluding hydrogens is 282 g/mol. The first-order valence-corrected chi connectivity index (χ1v) is 8.32. The quantitative estimate of drug-likeness (QED) is 0.753. The molecule has 1 atom stereocenters. The Morgan fingerprint density at radius 2 is 1.78 bits per heavy atom. The fourth-order valence-electron chi connectivity index (χ4n) is 3.87. The van der Waals surface area contributed by atoms with Crippen LogP contribution in [-0.2, 0) is 6.42 Å². The van der Waals surface area contributed by atoms with Gasteiger partial charge in [0.05, 0.1) is 6.04 Å². The summed E-state index contributed by atoms with van der Waals surface area (Å²) in [6, 6.07) is 20.9. The van der Waals surface area contributed by atoms with E-state index in [2.05, 4.69) is 60.4 Å². The Kier molecular flexibility index (Phi) is 3.55. The van der Waals surface area contributed by atoms with E-state index in [1.54, 1.807) is 0 Å². The second-order valence-corrected chi connectivity index (χ2v) is 6.20. The fourth-order valence-corrected chi connectivity index (χ4v) is 3.87. The summed E-state index contributed by atoms with van der Waals surface area (Å²) in [6.07, 6.45) is 1.08. The summed E-state index contributed by atoms with van der Waals surface area (Å²) in [5.74, 6) is 0.392. The molecule has 0 saturated carbocycles. The van der Waals surface area contributed by atoms with Crippen molar-refractivity contribution in [1.82, 2.24) is 4.90 Å². The van der Waals surface area contributed by atoms with Gasteiger partial charge in [-0.25, -0.2) is 0 Å². The van der Waals surface area contributed by atoms with Crippen LogP contribution < -0.4 is 0 Å². The van der Waals surface area contributed by atoms with E-state index in [1.165, 1.54) is 16.5 Å². The minimum absolute atomic E-state index is 0.121. The lowest BCUT2D eigenvalue weighted by Crippen LogP contribution is -2.36. The van der Waals surface area contributed by atoms with Gasteiger partial charge in [0.1, 0.15) is 5.75 Å². The van der Waals surface area contributed by atoms with Gasteiger partial charge in [-0.15, -0.1) is 0 Å². The average molecular weight is 303 g/mol. The van der Waals surface area contributed by atoms with Gasteiger partial charge in [-0.3, -0.25) is 4.90 Å². The zero-order valence-electron chi connectivity index (χ0n) is 13.4. The molecule has 4 rings (SSSR count). The largest absolute Gasteiger partial charge is 0.508 e. The highest BCUT2D eigenvalue weighted by atomic mass is 16.3. The molecular formula is C21H21NO. The Hall–Kier alpha value is -2.32. The van der Waals surface area contributed by atoms with Gasteiger partial charge in [0.15, 0.2) is 0 Å². The summed E-state index contributed by atoms with van der Waals surface area (Å²) in [5, 5.41) is 13.0. The first-order chi connectivity index (χ1) is 11.3. The predicted octanol–water partition coefficient (Wildman–Crippen LogP) is 4.51. The lowest BCUT2D eigenvalue weighted by atomic mass is 9.85. The number of nitrogens with zero attached hydrogens (tertiary/aromatic N) is 1. The van der Waals surface area contributed by atoms with Crippen LogP contribution >= 0.6 is 0 Å². The fraction of sp³-hybridized carbons (Fsp3) is 0.238. The zero-order valence-corrected chi connectivity index (χ0v) is 13.4. The molecule has 0 amide bonds. The zero-order chi connectivity index (χ0) is 15.8. The van der Waals surface area contributed by atoms with Gasteiger partial charge >= 0.3 is 0 Å². The lowest BCUT2D eigenvalue weighted by Gasteiger charge is -2.37. The van der Waals surface area contributed by atoms with Crippen molar-refractivity contribution in [3.05, 3.63) is 77.4 Å². The van der Waals surface area contributed by atoms with Crippen molar-refractivity contribution in [3.8, 4) is 5.75 Å². The van der Waals surface area contributed by atoms with Crippen LogP contribution in [0.1, 0.15) is 29.7 Å². The van der Waals surface area contributed by atoms with E-state index < -0.39 is 0 Å². The number of rotatable bonds is 2. The second-order valence-electron chi connectivity index (χ2n) is 6.20. The standard InChI is InChI=1S/C21H21NO/c1-2-22-14-13-16-8-4-6-10-18(16)21(22)20-17-9-5-3-7-15(17)11-12-19(20)23/h3-12,21,23H,2,13-14H2,1H3. The van der Waals surface area contributed by atoms with Crippen molar-refractivity contribution < 1.29 is 5.11 Å². The van der Waals surface area contributed by atoms with E-state index in [1.807, 2.05) is 12.1 Å². The highest BCUT2D eigenvalue weighted by Gasteiger charge is 2.30. The SMILES string of the molecule is CCN1CCc2ccccc2C1c1c(O)ccc2ccccc12. The van der Waals surface area contributed by atoms with Crippen molar-refractivity contribution in [2.45, 2.75) is 19.4 Å². The molecule has 0 aliphatic carbocycles. The smallest absolute Gasteiger partial charge is 0.121 e. The number of benzene rings is 3. The molecule has 3 aromatic rings. The maximum Gasteiger partial charge on any atom is 0.121 e. The van der Waals surface area contributed by atoms with Crippen molar-refractivity contribution in [3.63, 3.8) is 0 Å². The van der Waals surface area contributed by atoms with Gasteiger partial charge in [-0.2, -0.15) is 0 Å². The van der Waals surface area contributed by atoms with Gasteiger partial charge in [0.2, 0.25) is 0 Å². The molecule has 23 heavy (non-hydrogen) atoms. The number of hydrogen-bond donors (Lipinski definition) is 1. The minimum atomic E-state index is 0.121. The minimum Gasteiger partial charge on any atom is -0.508 e. The molecule has 0 saturated heterocycles. The molecule has 116 valence electrons. The maximum atomic E-state index is 10.7. The number of likely N-dealkylation sites (N-methyl/N-ethyl adjacent to an activating group) is 1. The van der Waals surface area contributed by atoms with Gasteiger partial charge < -0.3 is 5.11 Å². The third kappa shape index (κ3) is 2.30. The lowest BCUT2D eigenvalue weighted by molar-refractivity contribution is 0.223. The van der Waals surface area contributed by atoms with Crippen molar-refractivity contribution in [2.75, 3.05) is 13.1 Å². The van der Waals surface area contributed by atoms with Gasteiger partial charge in [0.25, 0.3) is 0 Å². The number of phenolic OH excluding ortho intramolecular Hbond substituents is 1. The van der Waals surface area contributed by atoms with Crippen molar-refractivity contribution >= 4 is 10.8 Å². The van der Waals surface area contributed by atoms with E-state index in [0.717, 1.165) is 30.5 Å². The van der Waals surface area contributed by atoms with Crippen LogP contribution in [0.3, 0.4) is 0 Å². The monoisotopic (exact) mass is 303 g/mol. The van der Waals surface area contributed by atoms with Crippen LogP contribution in [0.2, 0.25) is 0 Å². The molecule has 2 nitrogen and oxygen atoms in total. The van der Waals surface area contributed by atoms with Crippen LogP contribution in [0.25, 0.3) is 10.8 Å². The summed E-state index contributed by atoms with van der Waals surface area (Å²) in [7, 11) is 0. The van der Waals surface area contributed by atoms with Crippen LogP contribution in [0.5, 0.6) is 5.75 Å². The predicted molar refractivity (Wildman–Crippen MR) is 94.8 cm³/mol. The first-order valence-electron chi connectivity index (χ1n) is 8.32. The van der Waals surface area contributed by atoms with E-state index >= 15 is 0 Å². The van der Waals surface area contributed by atoms with Gasteiger partial charge in [0, 0.05) is 12.1 Å². The molecule has 0 radical (unpaired) electrons. The van der Waals surface area contributed by atoms with Crippen molar-refractivity contribution in [2.24, 2.45) is 0 Å². The molecule has 0 aromatic heterocycles. The first kappa shape index (κ1) is 14.3. The molecule has 0 bridgehead atoms. The number of phenols is 1. The molecule has 1 aliphatic heterocycles. The molecule has 0 fully saturated rings. The molecule has 0 spiro atoms. The third-order valence-electron chi connectivity index (χ3n) is 5.01. The van der Waals surface area contributed by atoms with E-state index in [4.69, 9.17) is 0 Å². The molecule has 1 aliphatic rings. The van der Waals surface area contributed by atoms with Crippen molar-refractivity contribution in [1.29, 1.82) is 0 Å². The molecule has 3 aromatic carbocycles. The number of fused-ring (bicyclic) bond motifs is 2. The Morgan fingerprint density at radius 3 is 2.65 bits per heavy atom. The average Bonchev–Trinajstić information content (AvgIpc) is 2.61. The Labute approximate surface area is 137 Å². The van der Waals surface area contributed by atoms with E-state index in [9.17, 15) is 5.11 Å². The van der Waals surface area contributed by atoms with Gasteiger partial charge in [-0.1, -0.05) is 61.5 Å². The Bertz CT molecular complexity index is 855. The molecule has 1 unspecified atom stereocenters.